The van der Waals surface area contributed by atoms with Crippen LogP contribution in [0.15, 0.2) is 6.20 Å². The van der Waals surface area contributed by atoms with Crippen molar-refractivity contribution in [1.29, 1.82) is 5.26 Å². The molecular weight excluding hydrogens is 202 g/mol. The molecule has 4 nitrogen and oxygen atoms in total. The van der Waals surface area contributed by atoms with E-state index in [4.69, 9.17) is 10.00 Å². The van der Waals surface area contributed by atoms with E-state index in [0.29, 0.717) is 5.92 Å². The SMILES string of the molecule is CC(C#N)c1cn(C)nc1C1CCOCC1. The maximum absolute atomic E-state index is 9.01. The third-order valence-electron chi connectivity index (χ3n) is 3.16. The van der Waals surface area contributed by atoms with Gasteiger partial charge in [-0.05, 0) is 19.8 Å². The van der Waals surface area contributed by atoms with E-state index in [1.165, 1.54) is 0 Å². The van der Waals surface area contributed by atoms with Crippen molar-refractivity contribution in [3.8, 4) is 6.07 Å². The monoisotopic (exact) mass is 219 g/mol. The Balaban J connectivity index is 2.28. The predicted molar refractivity (Wildman–Crippen MR) is 60.0 cm³/mol. The van der Waals surface area contributed by atoms with Crippen molar-refractivity contribution in [2.75, 3.05) is 13.2 Å². The number of hydrogen-bond donors (Lipinski definition) is 0. The van der Waals surface area contributed by atoms with Crippen LogP contribution in [0, 0.1) is 11.3 Å². The molecule has 1 aliphatic heterocycles. The van der Waals surface area contributed by atoms with Gasteiger partial charge in [0.05, 0.1) is 17.7 Å². The Morgan fingerprint density at radius 2 is 2.25 bits per heavy atom. The van der Waals surface area contributed by atoms with E-state index in [2.05, 4.69) is 11.2 Å². The van der Waals surface area contributed by atoms with Crippen LogP contribution in [0.1, 0.15) is 42.9 Å². The van der Waals surface area contributed by atoms with E-state index in [1.54, 1.807) is 0 Å². The van der Waals surface area contributed by atoms with Crippen LogP contribution in [0.3, 0.4) is 0 Å². The maximum atomic E-state index is 9.01. The van der Waals surface area contributed by atoms with Crippen LogP contribution in [0.5, 0.6) is 0 Å². The molecule has 0 amide bonds. The summed E-state index contributed by atoms with van der Waals surface area (Å²) in [5.74, 6) is 0.382. The van der Waals surface area contributed by atoms with Crippen molar-refractivity contribution < 1.29 is 4.74 Å². The summed E-state index contributed by atoms with van der Waals surface area (Å²) in [4.78, 5) is 0. The molecule has 16 heavy (non-hydrogen) atoms. The molecule has 0 radical (unpaired) electrons. The van der Waals surface area contributed by atoms with Crippen LogP contribution in [-0.4, -0.2) is 23.0 Å². The molecule has 0 spiro atoms. The Kier molecular flexibility index (Phi) is 3.25. The second-order valence-corrected chi connectivity index (χ2v) is 4.38. The number of aromatic nitrogens is 2. The minimum atomic E-state index is -0.0773. The lowest BCUT2D eigenvalue weighted by Gasteiger charge is -2.21. The molecule has 2 heterocycles. The fourth-order valence-electron chi connectivity index (χ4n) is 2.22. The zero-order valence-electron chi connectivity index (χ0n) is 9.81. The summed E-state index contributed by atoms with van der Waals surface area (Å²) in [5, 5.41) is 13.5. The quantitative estimate of drug-likeness (QED) is 0.763. The van der Waals surface area contributed by atoms with E-state index >= 15 is 0 Å². The van der Waals surface area contributed by atoms with Gasteiger partial charge >= 0.3 is 0 Å². The minimum Gasteiger partial charge on any atom is -0.381 e. The van der Waals surface area contributed by atoms with Gasteiger partial charge < -0.3 is 4.74 Å². The van der Waals surface area contributed by atoms with E-state index in [1.807, 2.05) is 24.9 Å². The van der Waals surface area contributed by atoms with Gasteiger partial charge in [-0.1, -0.05) is 0 Å². The van der Waals surface area contributed by atoms with Gasteiger partial charge in [-0.15, -0.1) is 0 Å². The molecule has 0 saturated carbocycles. The number of nitrogens with zero attached hydrogens (tertiary/aromatic N) is 3. The molecule has 1 unspecified atom stereocenters. The molecule has 1 saturated heterocycles. The molecule has 2 rings (SSSR count). The summed E-state index contributed by atoms with van der Waals surface area (Å²) in [7, 11) is 1.91. The van der Waals surface area contributed by atoms with Crippen LogP contribution in [0.25, 0.3) is 0 Å². The van der Waals surface area contributed by atoms with Crippen molar-refractivity contribution in [1.82, 2.24) is 9.78 Å². The lowest BCUT2D eigenvalue weighted by molar-refractivity contribution is 0.0842. The van der Waals surface area contributed by atoms with E-state index in [0.717, 1.165) is 37.3 Å². The maximum Gasteiger partial charge on any atom is 0.0718 e. The van der Waals surface area contributed by atoms with Crippen molar-refractivity contribution in [3.05, 3.63) is 17.5 Å². The Hall–Kier alpha value is -1.34. The summed E-state index contributed by atoms with van der Waals surface area (Å²) in [6, 6.07) is 2.29. The Labute approximate surface area is 95.8 Å². The molecule has 1 fully saturated rings. The first-order valence-electron chi connectivity index (χ1n) is 5.73. The smallest absolute Gasteiger partial charge is 0.0718 e. The average Bonchev–Trinajstić information content (AvgIpc) is 2.71. The summed E-state index contributed by atoms with van der Waals surface area (Å²) in [6.07, 6.45) is 4.00. The van der Waals surface area contributed by atoms with Crippen LogP contribution < -0.4 is 0 Å². The first-order chi connectivity index (χ1) is 7.72. The van der Waals surface area contributed by atoms with Crippen LogP contribution in [0.2, 0.25) is 0 Å². The fourth-order valence-corrected chi connectivity index (χ4v) is 2.22. The zero-order chi connectivity index (χ0) is 11.5. The standard InChI is InChI=1S/C12H17N3O/c1-9(7-13)11-8-15(2)14-12(11)10-3-5-16-6-4-10/h8-10H,3-6H2,1-2H3. The largest absolute Gasteiger partial charge is 0.381 e. The first-order valence-corrected chi connectivity index (χ1v) is 5.73. The lowest BCUT2D eigenvalue weighted by atomic mass is 9.90. The van der Waals surface area contributed by atoms with Crippen LogP contribution in [-0.2, 0) is 11.8 Å². The summed E-state index contributed by atoms with van der Waals surface area (Å²) in [6.45, 7) is 3.54. The van der Waals surface area contributed by atoms with Gasteiger partial charge in [-0.2, -0.15) is 10.4 Å². The molecule has 4 heteroatoms. The highest BCUT2D eigenvalue weighted by molar-refractivity contribution is 5.29. The van der Waals surface area contributed by atoms with Crippen molar-refractivity contribution in [2.45, 2.75) is 31.6 Å². The number of nitriles is 1. The van der Waals surface area contributed by atoms with Gasteiger partial charge in [-0.3, -0.25) is 4.68 Å². The third kappa shape index (κ3) is 2.10. The van der Waals surface area contributed by atoms with E-state index < -0.39 is 0 Å². The molecule has 0 aliphatic carbocycles. The van der Waals surface area contributed by atoms with Crippen LogP contribution >= 0.6 is 0 Å². The highest BCUT2D eigenvalue weighted by atomic mass is 16.5. The van der Waals surface area contributed by atoms with Gasteiger partial charge in [0.25, 0.3) is 0 Å². The Morgan fingerprint density at radius 3 is 2.88 bits per heavy atom. The number of aryl methyl sites for hydroxylation is 1. The lowest BCUT2D eigenvalue weighted by Crippen LogP contribution is -2.16. The van der Waals surface area contributed by atoms with Gasteiger partial charge in [-0.25, -0.2) is 0 Å². The second kappa shape index (κ2) is 4.67. The highest BCUT2D eigenvalue weighted by Gasteiger charge is 2.24. The normalized spacial score (nSPS) is 19.3. The molecule has 86 valence electrons. The molecule has 1 atom stereocenters. The zero-order valence-corrected chi connectivity index (χ0v) is 9.81. The summed E-state index contributed by atoms with van der Waals surface area (Å²) >= 11 is 0. The van der Waals surface area contributed by atoms with Crippen molar-refractivity contribution >= 4 is 0 Å². The Morgan fingerprint density at radius 1 is 1.56 bits per heavy atom. The molecule has 0 N–H and O–H groups in total. The molecule has 1 aliphatic rings. The second-order valence-electron chi connectivity index (χ2n) is 4.38. The fraction of sp³-hybridized carbons (Fsp3) is 0.667. The predicted octanol–water partition coefficient (Wildman–Crippen LogP) is 1.94. The van der Waals surface area contributed by atoms with Gasteiger partial charge in [0.1, 0.15) is 0 Å². The number of hydrogen-bond acceptors (Lipinski definition) is 3. The molecule has 1 aromatic heterocycles. The van der Waals surface area contributed by atoms with E-state index in [9.17, 15) is 0 Å². The number of ether oxygens (including phenoxy) is 1. The molecule has 1 aromatic rings. The van der Waals surface area contributed by atoms with Crippen LogP contribution in [0.4, 0.5) is 0 Å². The summed E-state index contributed by atoms with van der Waals surface area (Å²) < 4.78 is 7.17. The molecular formula is C12H17N3O. The molecule has 0 aromatic carbocycles. The Bertz CT molecular complexity index is 399. The highest BCUT2D eigenvalue weighted by Crippen LogP contribution is 2.31. The van der Waals surface area contributed by atoms with Gasteiger partial charge in [0, 0.05) is 37.9 Å². The van der Waals surface area contributed by atoms with Crippen molar-refractivity contribution in [2.24, 2.45) is 7.05 Å². The minimum absolute atomic E-state index is 0.0773. The number of rotatable bonds is 2. The van der Waals surface area contributed by atoms with Gasteiger partial charge in [0.15, 0.2) is 0 Å². The van der Waals surface area contributed by atoms with Crippen molar-refractivity contribution in [3.63, 3.8) is 0 Å². The summed E-state index contributed by atoms with van der Waals surface area (Å²) in [5.41, 5.74) is 2.18. The van der Waals surface area contributed by atoms with Gasteiger partial charge in [0.2, 0.25) is 0 Å². The third-order valence-corrected chi connectivity index (χ3v) is 3.16. The average molecular weight is 219 g/mol. The van der Waals surface area contributed by atoms with E-state index in [-0.39, 0.29) is 5.92 Å². The first kappa shape index (κ1) is 11.2. The topological polar surface area (TPSA) is 50.8 Å². The molecule has 0 bridgehead atoms.